The molecule has 7 nitrogen and oxygen atoms in total. The summed E-state index contributed by atoms with van der Waals surface area (Å²) in [5, 5.41) is 7.10. The van der Waals surface area contributed by atoms with E-state index in [1.807, 2.05) is 13.8 Å². The summed E-state index contributed by atoms with van der Waals surface area (Å²) >= 11 is 0. The SMILES string of the molecule is CCn1nc(C)c2c1C(=O)NCC(CCC(=O)OC)=N2. The Labute approximate surface area is 117 Å². The third kappa shape index (κ3) is 2.71. The molecule has 1 aromatic rings. The first-order chi connectivity index (χ1) is 9.56. The Morgan fingerprint density at radius 2 is 2.25 bits per heavy atom. The van der Waals surface area contributed by atoms with Crippen molar-refractivity contribution in [2.75, 3.05) is 13.7 Å². The van der Waals surface area contributed by atoms with E-state index in [1.165, 1.54) is 7.11 Å². The van der Waals surface area contributed by atoms with E-state index in [0.717, 1.165) is 11.4 Å². The fourth-order valence-corrected chi connectivity index (χ4v) is 2.12. The van der Waals surface area contributed by atoms with Gasteiger partial charge in [0.25, 0.3) is 5.91 Å². The largest absolute Gasteiger partial charge is 0.469 e. The van der Waals surface area contributed by atoms with E-state index in [2.05, 4.69) is 20.1 Å². The zero-order valence-electron chi connectivity index (χ0n) is 11.9. The molecule has 1 N–H and O–H groups in total. The normalized spacial score (nSPS) is 14.2. The summed E-state index contributed by atoms with van der Waals surface area (Å²) in [6.07, 6.45) is 0.713. The monoisotopic (exact) mass is 278 g/mol. The van der Waals surface area contributed by atoms with Crippen molar-refractivity contribution in [3.05, 3.63) is 11.4 Å². The minimum Gasteiger partial charge on any atom is -0.469 e. The molecule has 1 aromatic heterocycles. The number of nitrogens with one attached hydrogen (secondary N) is 1. The van der Waals surface area contributed by atoms with E-state index in [-0.39, 0.29) is 18.3 Å². The van der Waals surface area contributed by atoms with Crippen molar-refractivity contribution in [2.24, 2.45) is 4.99 Å². The van der Waals surface area contributed by atoms with Crippen molar-refractivity contribution in [2.45, 2.75) is 33.2 Å². The Bertz CT molecular complexity index is 574. The molecule has 20 heavy (non-hydrogen) atoms. The summed E-state index contributed by atoms with van der Waals surface area (Å²) in [7, 11) is 1.35. The van der Waals surface area contributed by atoms with Crippen LogP contribution in [0.2, 0.25) is 0 Å². The van der Waals surface area contributed by atoms with Crippen LogP contribution in [0.5, 0.6) is 0 Å². The van der Waals surface area contributed by atoms with Gasteiger partial charge in [0.05, 0.1) is 25.8 Å². The average Bonchev–Trinajstić information content (AvgIpc) is 2.66. The topological polar surface area (TPSA) is 85.6 Å². The van der Waals surface area contributed by atoms with E-state index in [4.69, 9.17) is 0 Å². The molecule has 2 heterocycles. The maximum Gasteiger partial charge on any atom is 0.305 e. The van der Waals surface area contributed by atoms with Crippen molar-refractivity contribution in [3.63, 3.8) is 0 Å². The van der Waals surface area contributed by atoms with Gasteiger partial charge in [-0.25, -0.2) is 0 Å². The Kier molecular flexibility index (Phi) is 4.16. The summed E-state index contributed by atoms with van der Waals surface area (Å²) in [4.78, 5) is 27.8. The summed E-state index contributed by atoms with van der Waals surface area (Å²) in [6.45, 7) is 4.70. The zero-order valence-corrected chi connectivity index (χ0v) is 11.9. The fourth-order valence-electron chi connectivity index (χ4n) is 2.12. The van der Waals surface area contributed by atoms with Crippen LogP contribution in [0, 0.1) is 6.92 Å². The fraction of sp³-hybridized carbons (Fsp3) is 0.538. The number of amides is 1. The lowest BCUT2D eigenvalue weighted by Gasteiger charge is -2.05. The summed E-state index contributed by atoms with van der Waals surface area (Å²) in [5.41, 5.74) is 2.55. The van der Waals surface area contributed by atoms with Gasteiger partial charge in [0.15, 0.2) is 5.69 Å². The van der Waals surface area contributed by atoms with Crippen LogP contribution in [0.15, 0.2) is 4.99 Å². The predicted octanol–water partition coefficient (Wildman–Crippen LogP) is 0.981. The maximum atomic E-state index is 12.1. The number of aliphatic imine (C=N–C) groups is 1. The number of rotatable bonds is 4. The number of esters is 1. The minimum atomic E-state index is -0.288. The highest BCUT2D eigenvalue weighted by molar-refractivity contribution is 6.04. The van der Waals surface area contributed by atoms with E-state index in [0.29, 0.717) is 30.9 Å². The number of nitrogens with zero attached hydrogens (tertiary/aromatic N) is 3. The standard InChI is InChI=1S/C13H18N4O3/c1-4-17-12-11(8(2)16-17)15-9(7-14-13(12)19)5-6-10(18)20-3/h4-7H2,1-3H3,(H,14,19). The molecule has 1 aliphatic rings. The molecular weight excluding hydrogens is 260 g/mol. The van der Waals surface area contributed by atoms with Crippen molar-refractivity contribution in [1.29, 1.82) is 0 Å². The lowest BCUT2D eigenvalue weighted by atomic mass is 10.2. The molecule has 1 amide bonds. The quantitative estimate of drug-likeness (QED) is 0.832. The summed E-state index contributed by atoms with van der Waals surface area (Å²) in [5.74, 6) is -0.469. The summed E-state index contributed by atoms with van der Waals surface area (Å²) < 4.78 is 6.26. The van der Waals surface area contributed by atoms with Crippen LogP contribution in [0.4, 0.5) is 5.69 Å². The Morgan fingerprint density at radius 1 is 1.50 bits per heavy atom. The van der Waals surface area contributed by atoms with E-state index >= 15 is 0 Å². The van der Waals surface area contributed by atoms with Gasteiger partial charge in [-0.2, -0.15) is 5.10 Å². The van der Waals surface area contributed by atoms with Gasteiger partial charge >= 0.3 is 5.97 Å². The molecule has 7 heteroatoms. The first-order valence-electron chi connectivity index (χ1n) is 6.55. The first kappa shape index (κ1) is 14.2. The van der Waals surface area contributed by atoms with Crippen molar-refractivity contribution in [3.8, 4) is 0 Å². The molecule has 0 saturated heterocycles. The van der Waals surface area contributed by atoms with Crippen LogP contribution in [0.1, 0.15) is 35.9 Å². The molecule has 0 bridgehead atoms. The maximum absolute atomic E-state index is 12.1. The molecule has 0 radical (unpaired) electrons. The Morgan fingerprint density at radius 3 is 2.90 bits per heavy atom. The third-order valence-electron chi connectivity index (χ3n) is 3.18. The van der Waals surface area contributed by atoms with Gasteiger partial charge in [-0.15, -0.1) is 0 Å². The van der Waals surface area contributed by atoms with Crippen LogP contribution in [-0.4, -0.2) is 41.0 Å². The van der Waals surface area contributed by atoms with Crippen molar-refractivity contribution >= 4 is 23.3 Å². The molecule has 0 fully saturated rings. The number of aromatic nitrogens is 2. The Hall–Kier alpha value is -2.18. The zero-order chi connectivity index (χ0) is 14.7. The van der Waals surface area contributed by atoms with Crippen LogP contribution < -0.4 is 5.32 Å². The van der Waals surface area contributed by atoms with Gasteiger partial charge in [-0.05, 0) is 20.3 Å². The van der Waals surface area contributed by atoms with Gasteiger partial charge in [0.1, 0.15) is 5.69 Å². The lowest BCUT2D eigenvalue weighted by molar-refractivity contribution is -0.140. The second-order valence-corrected chi connectivity index (χ2v) is 4.54. The molecule has 0 aliphatic carbocycles. The number of aryl methyl sites for hydroxylation is 2. The van der Waals surface area contributed by atoms with Gasteiger partial charge in [0, 0.05) is 12.3 Å². The summed E-state index contributed by atoms with van der Waals surface area (Å²) in [6, 6.07) is 0. The van der Waals surface area contributed by atoms with Crippen LogP contribution in [0.3, 0.4) is 0 Å². The van der Waals surface area contributed by atoms with Crippen LogP contribution >= 0.6 is 0 Å². The van der Waals surface area contributed by atoms with E-state index in [9.17, 15) is 9.59 Å². The lowest BCUT2D eigenvalue weighted by Crippen LogP contribution is -2.29. The first-order valence-corrected chi connectivity index (χ1v) is 6.55. The van der Waals surface area contributed by atoms with Gasteiger partial charge in [-0.3, -0.25) is 19.3 Å². The second kappa shape index (κ2) is 5.85. The molecule has 2 rings (SSSR count). The molecule has 0 unspecified atom stereocenters. The van der Waals surface area contributed by atoms with Crippen molar-refractivity contribution in [1.82, 2.24) is 15.1 Å². The van der Waals surface area contributed by atoms with E-state index < -0.39 is 0 Å². The van der Waals surface area contributed by atoms with Crippen LogP contribution in [-0.2, 0) is 16.1 Å². The molecule has 0 atom stereocenters. The number of methoxy groups -OCH3 is 1. The number of hydrogen-bond acceptors (Lipinski definition) is 5. The molecule has 1 aliphatic heterocycles. The number of ether oxygens (including phenoxy) is 1. The second-order valence-electron chi connectivity index (χ2n) is 4.54. The number of fused-ring (bicyclic) bond motifs is 1. The highest BCUT2D eigenvalue weighted by atomic mass is 16.5. The third-order valence-corrected chi connectivity index (χ3v) is 3.18. The number of carbonyl (C=O) groups is 2. The van der Waals surface area contributed by atoms with E-state index in [1.54, 1.807) is 4.68 Å². The average molecular weight is 278 g/mol. The molecule has 0 saturated carbocycles. The van der Waals surface area contributed by atoms with Gasteiger partial charge in [0.2, 0.25) is 0 Å². The minimum absolute atomic E-state index is 0.181. The van der Waals surface area contributed by atoms with Gasteiger partial charge < -0.3 is 10.1 Å². The van der Waals surface area contributed by atoms with Crippen LogP contribution in [0.25, 0.3) is 0 Å². The van der Waals surface area contributed by atoms with Crippen molar-refractivity contribution < 1.29 is 14.3 Å². The predicted molar refractivity (Wildman–Crippen MR) is 73.3 cm³/mol. The number of hydrogen-bond donors (Lipinski definition) is 1. The number of carbonyl (C=O) groups excluding carboxylic acids is 2. The molecule has 0 spiro atoms. The highest BCUT2D eigenvalue weighted by Gasteiger charge is 2.24. The molecule has 108 valence electrons. The molecule has 0 aromatic carbocycles. The highest BCUT2D eigenvalue weighted by Crippen LogP contribution is 2.26. The van der Waals surface area contributed by atoms with Gasteiger partial charge in [-0.1, -0.05) is 0 Å². The smallest absolute Gasteiger partial charge is 0.305 e. The Balaban J connectivity index is 2.30. The molecular formula is C13H18N4O3.